The molecule has 2 nitrogen and oxygen atoms in total. The zero-order valence-corrected chi connectivity index (χ0v) is 3.75. The predicted molar refractivity (Wildman–Crippen MR) is 25.4 cm³/mol. The Morgan fingerprint density at radius 2 is 2.83 bits per heavy atom. The van der Waals surface area contributed by atoms with E-state index in [0.717, 1.165) is 5.82 Å². The van der Waals surface area contributed by atoms with E-state index in [1.54, 1.807) is 11.3 Å². The number of anilines is 2. The minimum atomic E-state index is 1.07. The molecule has 1 aliphatic heterocycles. The summed E-state index contributed by atoms with van der Waals surface area (Å²) in [4.78, 5) is 3.92. The van der Waals surface area contributed by atoms with Crippen LogP contribution in [0.3, 0.4) is 0 Å². The summed E-state index contributed by atoms with van der Waals surface area (Å²) in [5.41, 5.74) is 1.83. The standard InChI is InChI=1S/C3H2N2S/c1-4-2-3(5-2)6-1/h1,5H. The van der Waals surface area contributed by atoms with Gasteiger partial charge in [0.1, 0.15) is 5.00 Å². The van der Waals surface area contributed by atoms with Gasteiger partial charge in [-0.05, 0) is 0 Å². The molecule has 2 rings (SSSR count). The molecule has 0 saturated carbocycles. The van der Waals surface area contributed by atoms with Crippen molar-refractivity contribution in [2.24, 2.45) is 0 Å². The van der Waals surface area contributed by atoms with Crippen LogP contribution in [0.2, 0.25) is 0 Å². The van der Waals surface area contributed by atoms with Gasteiger partial charge in [0.15, 0.2) is 5.82 Å². The molecule has 2 heterocycles. The van der Waals surface area contributed by atoms with E-state index in [4.69, 9.17) is 0 Å². The van der Waals surface area contributed by atoms with E-state index >= 15 is 0 Å². The molecule has 0 radical (unpaired) electrons. The van der Waals surface area contributed by atoms with E-state index in [1.165, 1.54) is 5.00 Å². The van der Waals surface area contributed by atoms with Crippen LogP contribution in [-0.2, 0) is 0 Å². The lowest BCUT2D eigenvalue weighted by molar-refractivity contribution is 1.48. The van der Waals surface area contributed by atoms with Crippen molar-refractivity contribution in [3.05, 3.63) is 5.51 Å². The van der Waals surface area contributed by atoms with Gasteiger partial charge in [0.25, 0.3) is 0 Å². The lowest BCUT2D eigenvalue weighted by Gasteiger charge is -1.61. The van der Waals surface area contributed by atoms with Crippen molar-refractivity contribution < 1.29 is 0 Å². The lowest BCUT2D eigenvalue weighted by atomic mass is 11.0. The van der Waals surface area contributed by atoms with Gasteiger partial charge >= 0.3 is 0 Å². The fourth-order valence-corrected chi connectivity index (χ4v) is 0.968. The first-order valence-electron chi connectivity index (χ1n) is 1.67. The van der Waals surface area contributed by atoms with Crippen LogP contribution < -0.4 is 5.32 Å². The highest BCUT2D eigenvalue weighted by Gasteiger charge is 2.17. The Hall–Kier alpha value is -0.570. The molecule has 0 bridgehead atoms. The third-order valence-electron chi connectivity index (χ3n) is 0.737. The molecule has 1 N–H and O–H groups in total. The number of nitrogens with zero attached hydrogens (tertiary/aromatic N) is 1. The zero-order chi connectivity index (χ0) is 3.98. The second-order valence-electron chi connectivity index (χ2n) is 1.16. The van der Waals surface area contributed by atoms with Crippen LogP contribution in [0.15, 0.2) is 5.51 Å². The first-order chi connectivity index (χ1) is 2.97. The first-order valence-corrected chi connectivity index (χ1v) is 2.55. The van der Waals surface area contributed by atoms with Crippen molar-refractivity contribution in [1.29, 1.82) is 0 Å². The van der Waals surface area contributed by atoms with Gasteiger partial charge in [-0.15, -0.1) is 11.3 Å². The molecule has 0 aliphatic carbocycles. The Balaban J connectivity index is 2.88. The Morgan fingerprint density at radius 3 is 3.00 bits per heavy atom. The molecule has 30 valence electrons. The summed E-state index contributed by atoms with van der Waals surface area (Å²) in [6.07, 6.45) is 0. The molecule has 0 saturated heterocycles. The summed E-state index contributed by atoms with van der Waals surface area (Å²) < 4.78 is 0. The van der Waals surface area contributed by atoms with Crippen molar-refractivity contribution in [3.8, 4) is 0 Å². The molecular weight excluding hydrogens is 96.1 g/mol. The predicted octanol–water partition coefficient (Wildman–Crippen LogP) is 1.20. The van der Waals surface area contributed by atoms with Crippen LogP contribution in [-0.4, -0.2) is 4.98 Å². The second-order valence-corrected chi connectivity index (χ2v) is 2.01. The lowest BCUT2D eigenvalue weighted by Crippen LogP contribution is -1.56. The monoisotopic (exact) mass is 98.0 g/mol. The van der Waals surface area contributed by atoms with Crippen molar-refractivity contribution in [2.75, 3.05) is 5.32 Å². The molecule has 0 amide bonds. The topological polar surface area (TPSA) is 34.8 Å². The zero-order valence-electron chi connectivity index (χ0n) is 2.93. The summed E-state index contributed by atoms with van der Waals surface area (Å²) in [6.45, 7) is 0. The van der Waals surface area contributed by atoms with Crippen LogP contribution in [0.4, 0.5) is 10.8 Å². The highest BCUT2D eigenvalue weighted by Crippen LogP contribution is 2.40. The van der Waals surface area contributed by atoms with E-state index in [1.807, 2.05) is 5.51 Å². The summed E-state index contributed by atoms with van der Waals surface area (Å²) in [6, 6.07) is 0. The molecule has 0 fully saturated rings. The highest BCUT2D eigenvalue weighted by atomic mass is 32.1. The number of nitrogens with one attached hydrogen (secondary N) is 1. The van der Waals surface area contributed by atoms with Crippen LogP contribution in [0, 0.1) is 0 Å². The first kappa shape index (κ1) is 2.58. The SMILES string of the molecule is c1nc2c(s1)N2. The third kappa shape index (κ3) is 0.155. The molecule has 1 aliphatic rings. The molecule has 0 spiro atoms. The number of fused-ring (bicyclic) bond motifs is 1. The minimum Gasteiger partial charge on any atom is -0.326 e. The molecule has 1 aromatic rings. The van der Waals surface area contributed by atoms with Gasteiger partial charge < -0.3 is 5.32 Å². The number of thiazole rings is 1. The number of aromatic nitrogens is 1. The highest BCUT2D eigenvalue weighted by molar-refractivity contribution is 7.16. The number of hydrogen-bond acceptors (Lipinski definition) is 3. The Morgan fingerprint density at radius 1 is 1.83 bits per heavy atom. The van der Waals surface area contributed by atoms with Crippen molar-refractivity contribution in [1.82, 2.24) is 4.98 Å². The third-order valence-corrected chi connectivity index (χ3v) is 1.48. The quantitative estimate of drug-likeness (QED) is 0.502. The molecule has 0 unspecified atom stereocenters. The van der Waals surface area contributed by atoms with E-state index < -0.39 is 0 Å². The van der Waals surface area contributed by atoms with E-state index in [0.29, 0.717) is 0 Å². The normalized spacial score (nSPS) is 12.7. The Kier molecular flexibility index (Phi) is 0.252. The summed E-state index contributed by atoms with van der Waals surface area (Å²) in [5.74, 6) is 1.07. The Labute approximate surface area is 38.8 Å². The van der Waals surface area contributed by atoms with Gasteiger partial charge in [0.05, 0.1) is 5.51 Å². The summed E-state index contributed by atoms with van der Waals surface area (Å²) in [7, 11) is 0. The van der Waals surface area contributed by atoms with Crippen LogP contribution >= 0.6 is 11.3 Å². The van der Waals surface area contributed by atoms with Crippen LogP contribution in [0.1, 0.15) is 0 Å². The average Bonchev–Trinajstić information content (AvgIpc) is 2.17. The average molecular weight is 98.1 g/mol. The van der Waals surface area contributed by atoms with Gasteiger partial charge in [-0.25, -0.2) is 4.98 Å². The maximum absolute atomic E-state index is 3.92. The van der Waals surface area contributed by atoms with Gasteiger partial charge in [-0.2, -0.15) is 0 Å². The molecule has 1 aromatic heterocycles. The molecule has 0 aromatic carbocycles. The molecule has 0 atom stereocenters. The van der Waals surface area contributed by atoms with E-state index in [-0.39, 0.29) is 0 Å². The maximum Gasteiger partial charge on any atom is 0.166 e. The Bertz CT molecular complexity index is 153. The fraction of sp³-hybridized carbons (Fsp3) is 0. The van der Waals surface area contributed by atoms with Crippen LogP contribution in [0.25, 0.3) is 0 Å². The minimum absolute atomic E-state index is 1.07. The van der Waals surface area contributed by atoms with Gasteiger partial charge in [0, 0.05) is 0 Å². The number of hydrogen-bond donors (Lipinski definition) is 1. The van der Waals surface area contributed by atoms with Gasteiger partial charge in [-0.1, -0.05) is 0 Å². The van der Waals surface area contributed by atoms with Crippen molar-refractivity contribution in [3.63, 3.8) is 0 Å². The molecule has 6 heavy (non-hydrogen) atoms. The van der Waals surface area contributed by atoms with Crippen molar-refractivity contribution in [2.45, 2.75) is 0 Å². The molecular formula is C3H2N2S. The number of rotatable bonds is 0. The van der Waals surface area contributed by atoms with Gasteiger partial charge in [-0.3, -0.25) is 0 Å². The summed E-state index contributed by atoms with van der Waals surface area (Å²) >= 11 is 1.65. The van der Waals surface area contributed by atoms with E-state index in [9.17, 15) is 0 Å². The van der Waals surface area contributed by atoms with E-state index in [2.05, 4.69) is 10.3 Å². The van der Waals surface area contributed by atoms with Gasteiger partial charge in [0.2, 0.25) is 0 Å². The second kappa shape index (κ2) is 0.586. The fourth-order valence-electron chi connectivity index (χ4n) is 0.384. The summed E-state index contributed by atoms with van der Waals surface area (Å²) in [5, 5.41) is 4.20. The largest absolute Gasteiger partial charge is 0.326 e. The van der Waals surface area contributed by atoms with Crippen LogP contribution in [0.5, 0.6) is 0 Å². The molecule has 3 heteroatoms. The van der Waals surface area contributed by atoms with Crippen molar-refractivity contribution >= 4 is 22.2 Å². The smallest absolute Gasteiger partial charge is 0.166 e. The maximum atomic E-state index is 3.92.